The number of aromatic hydroxyl groups is 1. The first-order valence-corrected chi connectivity index (χ1v) is 6.63. The molecule has 0 aliphatic carbocycles. The zero-order valence-corrected chi connectivity index (χ0v) is 11.7. The molecule has 0 aromatic carbocycles. The van der Waals surface area contributed by atoms with Crippen molar-refractivity contribution in [1.29, 1.82) is 0 Å². The van der Waals surface area contributed by atoms with Gasteiger partial charge < -0.3 is 5.11 Å². The molecular formula is C11H11BrN6O. The Bertz CT molecular complexity index is 720. The summed E-state index contributed by atoms with van der Waals surface area (Å²) < 4.78 is 2.60. The number of pyridine rings is 1. The summed E-state index contributed by atoms with van der Waals surface area (Å²) in [5, 5.41) is 23.7. The number of H-pyrrole nitrogens is 1. The van der Waals surface area contributed by atoms with Gasteiger partial charge in [-0.3, -0.25) is 4.40 Å². The van der Waals surface area contributed by atoms with Gasteiger partial charge in [0.15, 0.2) is 5.69 Å². The first-order valence-electron chi connectivity index (χ1n) is 5.84. The molecule has 7 nitrogen and oxygen atoms in total. The van der Waals surface area contributed by atoms with Crippen molar-refractivity contribution in [2.45, 2.75) is 19.8 Å². The molecule has 0 unspecified atom stereocenters. The fraction of sp³-hybridized carbons (Fsp3) is 0.273. The SMILES string of the molecule is CCCc1cn2c(O)c(-c3nn[nH]n3)nc2cc1Br. The van der Waals surface area contributed by atoms with E-state index in [0.717, 1.165) is 22.9 Å². The van der Waals surface area contributed by atoms with Gasteiger partial charge >= 0.3 is 0 Å². The molecule has 3 rings (SSSR count). The minimum Gasteiger partial charge on any atom is -0.493 e. The quantitative estimate of drug-likeness (QED) is 0.768. The van der Waals surface area contributed by atoms with Gasteiger partial charge in [0, 0.05) is 10.7 Å². The largest absolute Gasteiger partial charge is 0.493 e. The number of fused-ring (bicyclic) bond motifs is 1. The van der Waals surface area contributed by atoms with Gasteiger partial charge in [-0.1, -0.05) is 29.3 Å². The fourth-order valence-electron chi connectivity index (χ4n) is 1.96. The van der Waals surface area contributed by atoms with Gasteiger partial charge in [-0.2, -0.15) is 5.21 Å². The van der Waals surface area contributed by atoms with E-state index < -0.39 is 0 Å². The Morgan fingerprint density at radius 2 is 2.32 bits per heavy atom. The average Bonchev–Trinajstić information content (AvgIpc) is 3.00. The highest BCUT2D eigenvalue weighted by atomic mass is 79.9. The lowest BCUT2D eigenvalue weighted by Gasteiger charge is -2.04. The Labute approximate surface area is 116 Å². The number of nitrogens with zero attached hydrogens (tertiary/aromatic N) is 5. The van der Waals surface area contributed by atoms with Crippen molar-refractivity contribution in [3.63, 3.8) is 0 Å². The molecule has 0 amide bonds. The van der Waals surface area contributed by atoms with Crippen LogP contribution in [0.25, 0.3) is 17.2 Å². The summed E-state index contributed by atoms with van der Waals surface area (Å²) >= 11 is 3.52. The van der Waals surface area contributed by atoms with Gasteiger partial charge in [0.05, 0.1) is 0 Å². The molecule has 3 aromatic heterocycles. The zero-order chi connectivity index (χ0) is 13.4. The van der Waals surface area contributed by atoms with Crippen molar-refractivity contribution >= 4 is 21.6 Å². The number of hydrogen-bond donors (Lipinski definition) is 2. The van der Waals surface area contributed by atoms with Crippen LogP contribution < -0.4 is 0 Å². The maximum Gasteiger partial charge on any atom is 0.228 e. The normalized spacial score (nSPS) is 11.3. The van der Waals surface area contributed by atoms with Crippen LogP contribution in [0.15, 0.2) is 16.7 Å². The van der Waals surface area contributed by atoms with Crippen molar-refractivity contribution in [2.24, 2.45) is 0 Å². The van der Waals surface area contributed by atoms with Crippen molar-refractivity contribution in [2.75, 3.05) is 0 Å². The summed E-state index contributed by atoms with van der Waals surface area (Å²) in [5.74, 6) is 0.288. The van der Waals surface area contributed by atoms with E-state index in [0.29, 0.717) is 11.3 Å². The molecule has 0 aliphatic rings. The highest BCUT2D eigenvalue weighted by molar-refractivity contribution is 9.10. The average molecular weight is 323 g/mol. The number of aromatic amines is 1. The first-order chi connectivity index (χ1) is 9.20. The number of imidazole rings is 1. The number of tetrazole rings is 1. The van der Waals surface area contributed by atoms with Crippen LogP contribution in [0.2, 0.25) is 0 Å². The Kier molecular flexibility index (Phi) is 2.94. The van der Waals surface area contributed by atoms with Gasteiger partial charge in [0.2, 0.25) is 11.7 Å². The summed E-state index contributed by atoms with van der Waals surface area (Å²) in [6.07, 6.45) is 3.82. The van der Waals surface area contributed by atoms with Crippen molar-refractivity contribution in [3.8, 4) is 17.4 Å². The lowest BCUT2D eigenvalue weighted by Crippen LogP contribution is -1.92. The van der Waals surface area contributed by atoms with Crippen LogP contribution in [0.5, 0.6) is 5.88 Å². The molecule has 8 heteroatoms. The molecule has 0 aliphatic heterocycles. The van der Waals surface area contributed by atoms with Crippen LogP contribution in [-0.2, 0) is 6.42 Å². The number of aryl methyl sites for hydroxylation is 1. The second kappa shape index (κ2) is 4.61. The summed E-state index contributed by atoms with van der Waals surface area (Å²) in [5.41, 5.74) is 2.06. The molecular weight excluding hydrogens is 312 g/mol. The minimum absolute atomic E-state index is 0.0150. The Balaban J connectivity index is 2.21. The maximum atomic E-state index is 10.2. The van der Waals surface area contributed by atoms with E-state index in [1.165, 1.54) is 0 Å². The first kappa shape index (κ1) is 12.1. The van der Waals surface area contributed by atoms with E-state index in [-0.39, 0.29) is 11.7 Å². The Morgan fingerprint density at radius 3 is 3.00 bits per heavy atom. The molecule has 0 saturated heterocycles. The van der Waals surface area contributed by atoms with Crippen LogP contribution >= 0.6 is 15.9 Å². The number of nitrogens with one attached hydrogen (secondary N) is 1. The predicted molar refractivity (Wildman–Crippen MR) is 71.7 cm³/mol. The molecule has 0 bridgehead atoms. The van der Waals surface area contributed by atoms with Crippen molar-refractivity contribution in [3.05, 3.63) is 22.3 Å². The number of rotatable bonds is 3. The second-order valence-corrected chi connectivity index (χ2v) is 5.00. The Morgan fingerprint density at radius 1 is 1.47 bits per heavy atom. The maximum absolute atomic E-state index is 10.2. The summed E-state index contributed by atoms with van der Waals surface area (Å²) in [4.78, 5) is 4.31. The summed E-state index contributed by atoms with van der Waals surface area (Å²) in [7, 11) is 0. The molecule has 0 fully saturated rings. The standard InChI is InChI=1S/C11H11BrN6O/c1-2-3-6-5-18-8(4-7(6)12)13-9(11(18)19)10-14-16-17-15-10/h4-5,19H,2-3H2,1H3,(H,14,15,16,17). The molecule has 3 aromatic rings. The molecule has 19 heavy (non-hydrogen) atoms. The van der Waals surface area contributed by atoms with Crippen LogP contribution in [-0.4, -0.2) is 35.1 Å². The molecule has 98 valence electrons. The van der Waals surface area contributed by atoms with E-state index in [1.54, 1.807) is 4.40 Å². The molecule has 3 heterocycles. The third-order valence-electron chi connectivity index (χ3n) is 2.84. The highest BCUT2D eigenvalue weighted by Crippen LogP contribution is 2.29. The minimum atomic E-state index is 0.0150. The highest BCUT2D eigenvalue weighted by Gasteiger charge is 2.17. The van der Waals surface area contributed by atoms with Gasteiger partial charge in [-0.25, -0.2) is 4.98 Å². The van der Waals surface area contributed by atoms with Gasteiger partial charge in [0.1, 0.15) is 5.65 Å². The molecule has 0 atom stereocenters. The summed E-state index contributed by atoms with van der Waals surface area (Å²) in [6.45, 7) is 2.11. The topological polar surface area (TPSA) is 92.0 Å². The smallest absolute Gasteiger partial charge is 0.228 e. The third-order valence-corrected chi connectivity index (χ3v) is 3.58. The van der Waals surface area contributed by atoms with Crippen molar-refractivity contribution in [1.82, 2.24) is 30.0 Å². The monoisotopic (exact) mass is 322 g/mol. The van der Waals surface area contributed by atoms with E-state index in [1.807, 2.05) is 12.3 Å². The summed E-state index contributed by atoms with van der Waals surface area (Å²) in [6, 6.07) is 1.87. The van der Waals surface area contributed by atoms with E-state index in [4.69, 9.17) is 0 Å². The second-order valence-electron chi connectivity index (χ2n) is 4.14. The molecule has 0 spiro atoms. The van der Waals surface area contributed by atoms with Crippen LogP contribution in [0, 0.1) is 0 Å². The Hall–Kier alpha value is -1.96. The zero-order valence-electron chi connectivity index (χ0n) is 10.1. The molecule has 0 radical (unpaired) electrons. The van der Waals surface area contributed by atoms with Crippen LogP contribution in [0.3, 0.4) is 0 Å². The van der Waals surface area contributed by atoms with Gasteiger partial charge in [-0.15, -0.1) is 10.2 Å². The lowest BCUT2D eigenvalue weighted by atomic mass is 10.2. The van der Waals surface area contributed by atoms with E-state index >= 15 is 0 Å². The number of halogens is 1. The van der Waals surface area contributed by atoms with Gasteiger partial charge in [0.25, 0.3) is 0 Å². The van der Waals surface area contributed by atoms with Gasteiger partial charge in [-0.05, 0) is 23.3 Å². The van der Waals surface area contributed by atoms with Crippen molar-refractivity contribution < 1.29 is 5.11 Å². The number of aromatic nitrogens is 6. The van der Waals surface area contributed by atoms with Crippen LogP contribution in [0.4, 0.5) is 0 Å². The lowest BCUT2D eigenvalue weighted by molar-refractivity contribution is 0.449. The van der Waals surface area contributed by atoms with Crippen LogP contribution in [0.1, 0.15) is 18.9 Å². The van der Waals surface area contributed by atoms with E-state index in [2.05, 4.69) is 48.5 Å². The molecule has 2 N–H and O–H groups in total. The predicted octanol–water partition coefficient (Wildman–Crippen LogP) is 1.93. The number of hydrogen-bond acceptors (Lipinski definition) is 5. The molecule has 0 saturated carbocycles. The fourth-order valence-corrected chi connectivity index (χ4v) is 2.46. The third kappa shape index (κ3) is 1.97. The van der Waals surface area contributed by atoms with E-state index in [9.17, 15) is 5.11 Å².